The van der Waals surface area contributed by atoms with E-state index < -0.39 is 0 Å². The van der Waals surface area contributed by atoms with E-state index in [1.54, 1.807) is 4.68 Å². The van der Waals surface area contributed by atoms with Gasteiger partial charge in [-0.2, -0.15) is 5.10 Å². The molecule has 3 aromatic rings. The van der Waals surface area contributed by atoms with Crippen molar-refractivity contribution in [2.24, 2.45) is 0 Å². The standard InChI is InChI=1S/C23H28N4O/c1-17-10-12-19(13-11-17)27-21(14-20(26-27)23(2,3)4)25-22(28)16-24-15-18-8-6-5-7-9-18/h5-14,24H,15-16H2,1-4H3,(H,25,28). The zero-order chi connectivity index (χ0) is 20.1. The molecule has 0 aliphatic rings. The van der Waals surface area contributed by atoms with Gasteiger partial charge < -0.3 is 10.6 Å². The molecule has 2 N–H and O–H groups in total. The maximum Gasteiger partial charge on any atom is 0.239 e. The molecule has 0 atom stereocenters. The minimum Gasteiger partial charge on any atom is -0.309 e. The Balaban J connectivity index is 1.73. The molecule has 1 amide bonds. The molecule has 5 heteroatoms. The minimum absolute atomic E-state index is 0.0929. The monoisotopic (exact) mass is 376 g/mol. The summed E-state index contributed by atoms with van der Waals surface area (Å²) in [6.07, 6.45) is 0. The molecule has 0 saturated heterocycles. The summed E-state index contributed by atoms with van der Waals surface area (Å²) in [4.78, 5) is 12.5. The van der Waals surface area contributed by atoms with Crippen molar-refractivity contribution in [3.05, 3.63) is 77.5 Å². The summed E-state index contributed by atoms with van der Waals surface area (Å²) in [5.41, 5.74) is 4.08. The number of nitrogens with zero attached hydrogens (tertiary/aromatic N) is 2. The van der Waals surface area contributed by atoms with Crippen LogP contribution in [0.2, 0.25) is 0 Å². The van der Waals surface area contributed by atoms with Crippen molar-refractivity contribution in [3.8, 4) is 5.69 Å². The zero-order valence-electron chi connectivity index (χ0n) is 17.0. The molecule has 2 aromatic carbocycles. The van der Waals surface area contributed by atoms with Crippen LogP contribution in [0.1, 0.15) is 37.6 Å². The second kappa shape index (κ2) is 8.40. The Hall–Kier alpha value is -2.92. The Bertz CT molecular complexity index is 921. The highest BCUT2D eigenvalue weighted by molar-refractivity contribution is 5.91. The lowest BCUT2D eigenvalue weighted by Gasteiger charge is -2.14. The van der Waals surface area contributed by atoms with Crippen LogP contribution >= 0.6 is 0 Å². The zero-order valence-corrected chi connectivity index (χ0v) is 17.0. The number of aryl methyl sites for hydroxylation is 1. The van der Waals surface area contributed by atoms with E-state index in [0.717, 1.165) is 16.9 Å². The first-order valence-corrected chi connectivity index (χ1v) is 9.55. The molecular formula is C23H28N4O. The molecule has 0 aliphatic carbocycles. The van der Waals surface area contributed by atoms with E-state index in [4.69, 9.17) is 5.10 Å². The third kappa shape index (κ3) is 5.08. The molecule has 0 unspecified atom stereocenters. The number of carbonyl (C=O) groups is 1. The van der Waals surface area contributed by atoms with E-state index in [2.05, 4.69) is 38.3 Å². The van der Waals surface area contributed by atoms with Crippen molar-refractivity contribution in [2.75, 3.05) is 11.9 Å². The third-order valence-electron chi connectivity index (χ3n) is 4.48. The van der Waals surface area contributed by atoms with Gasteiger partial charge in [0, 0.05) is 18.0 Å². The van der Waals surface area contributed by atoms with Gasteiger partial charge >= 0.3 is 0 Å². The van der Waals surface area contributed by atoms with Crippen LogP contribution in [0.25, 0.3) is 5.69 Å². The highest BCUT2D eigenvalue weighted by Crippen LogP contribution is 2.26. The van der Waals surface area contributed by atoms with E-state index in [-0.39, 0.29) is 17.9 Å². The van der Waals surface area contributed by atoms with E-state index in [0.29, 0.717) is 12.4 Å². The van der Waals surface area contributed by atoms with Crippen LogP contribution in [0.4, 0.5) is 5.82 Å². The van der Waals surface area contributed by atoms with Crippen LogP contribution in [0, 0.1) is 6.92 Å². The fraction of sp³-hybridized carbons (Fsp3) is 0.304. The molecule has 5 nitrogen and oxygen atoms in total. The first-order valence-electron chi connectivity index (χ1n) is 9.55. The van der Waals surface area contributed by atoms with Gasteiger partial charge in [-0.05, 0) is 24.6 Å². The first-order chi connectivity index (χ1) is 13.3. The van der Waals surface area contributed by atoms with Crippen LogP contribution in [0.3, 0.4) is 0 Å². The van der Waals surface area contributed by atoms with Crippen LogP contribution in [-0.2, 0) is 16.8 Å². The maximum absolute atomic E-state index is 12.5. The van der Waals surface area contributed by atoms with E-state index >= 15 is 0 Å². The molecule has 146 valence electrons. The van der Waals surface area contributed by atoms with Gasteiger partial charge in [0.1, 0.15) is 5.82 Å². The SMILES string of the molecule is Cc1ccc(-n2nc(C(C)(C)C)cc2NC(=O)CNCc2ccccc2)cc1. The van der Waals surface area contributed by atoms with Gasteiger partial charge in [0.2, 0.25) is 5.91 Å². The summed E-state index contributed by atoms with van der Waals surface area (Å²) in [5, 5.41) is 10.9. The van der Waals surface area contributed by atoms with Gasteiger partial charge in [0.15, 0.2) is 0 Å². The molecule has 28 heavy (non-hydrogen) atoms. The number of rotatable bonds is 6. The predicted octanol–water partition coefficient (Wildman–Crippen LogP) is 4.21. The number of carbonyl (C=O) groups excluding carboxylic acids is 1. The number of nitrogens with one attached hydrogen (secondary N) is 2. The molecule has 1 heterocycles. The lowest BCUT2D eigenvalue weighted by atomic mass is 9.92. The highest BCUT2D eigenvalue weighted by Gasteiger charge is 2.21. The summed E-state index contributed by atoms with van der Waals surface area (Å²) < 4.78 is 1.80. The van der Waals surface area contributed by atoms with Gasteiger partial charge in [0.25, 0.3) is 0 Å². The Morgan fingerprint density at radius 1 is 1.04 bits per heavy atom. The second-order valence-electron chi connectivity index (χ2n) is 8.05. The van der Waals surface area contributed by atoms with Crippen molar-refractivity contribution in [3.63, 3.8) is 0 Å². The van der Waals surface area contributed by atoms with Gasteiger partial charge in [-0.1, -0.05) is 68.8 Å². The number of benzene rings is 2. The maximum atomic E-state index is 12.5. The second-order valence-corrected chi connectivity index (χ2v) is 8.05. The fourth-order valence-electron chi connectivity index (χ4n) is 2.82. The topological polar surface area (TPSA) is 59.0 Å². The number of anilines is 1. The number of hydrogen-bond donors (Lipinski definition) is 2. The van der Waals surface area contributed by atoms with Crippen LogP contribution in [0.15, 0.2) is 60.7 Å². The lowest BCUT2D eigenvalue weighted by Crippen LogP contribution is -2.28. The van der Waals surface area contributed by atoms with Crippen LogP contribution in [-0.4, -0.2) is 22.2 Å². The molecule has 0 spiro atoms. The van der Waals surface area contributed by atoms with E-state index in [1.807, 2.05) is 60.7 Å². The molecule has 0 saturated carbocycles. The summed E-state index contributed by atoms with van der Waals surface area (Å²) in [6, 6.07) is 20.1. The van der Waals surface area contributed by atoms with E-state index in [9.17, 15) is 4.79 Å². The average Bonchev–Trinajstić information content (AvgIpc) is 3.07. The van der Waals surface area contributed by atoms with Crippen molar-refractivity contribution >= 4 is 11.7 Å². The van der Waals surface area contributed by atoms with Crippen LogP contribution < -0.4 is 10.6 Å². The lowest BCUT2D eigenvalue weighted by molar-refractivity contribution is -0.115. The highest BCUT2D eigenvalue weighted by atomic mass is 16.2. The van der Waals surface area contributed by atoms with Gasteiger partial charge in [-0.25, -0.2) is 4.68 Å². The summed E-state index contributed by atoms with van der Waals surface area (Å²) in [5.74, 6) is 0.588. The summed E-state index contributed by atoms with van der Waals surface area (Å²) in [6.45, 7) is 9.28. The first kappa shape index (κ1) is 19.8. The predicted molar refractivity (Wildman–Crippen MR) is 114 cm³/mol. The summed E-state index contributed by atoms with van der Waals surface area (Å²) in [7, 11) is 0. The van der Waals surface area contributed by atoms with Gasteiger partial charge in [0.05, 0.1) is 17.9 Å². The molecule has 0 fully saturated rings. The summed E-state index contributed by atoms with van der Waals surface area (Å²) >= 11 is 0. The van der Waals surface area contributed by atoms with Crippen molar-refractivity contribution in [1.82, 2.24) is 15.1 Å². The third-order valence-corrected chi connectivity index (χ3v) is 4.48. The quantitative estimate of drug-likeness (QED) is 0.678. The molecule has 0 bridgehead atoms. The van der Waals surface area contributed by atoms with Gasteiger partial charge in [-0.15, -0.1) is 0 Å². The van der Waals surface area contributed by atoms with Crippen molar-refractivity contribution in [2.45, 2.75) is 39.7 Å². The fourth-order valence-corrected chi connectivity index (χ4v) is 2.82. The number of aromatic nitrogens is 2. The largest absolute Gasteiger partial charge is 0.309 e. The Morgan fingerprint density at radius 3 is 2.36 bits per heavy atom. The number of amides is 1. The number of hydrogen-bond acceptors (Lipinski definition) is 3. The molecule has 0 radical (unpaired) electrons. The molecule has 0 aliphatic heterocycles. The van der Waals surface area contributed by atoms with Crippen LogP contribution in [0.5, 0.6) is 0 Å². The minimum atomic E-state index is -0.110. The smallest absolute Gasteiger partial charge is 0.239 e. The Labute approximate surface area is 166 Å². The van der Waals surface area contributed by atoms with Gasteiger partial charge in [-0.3, -0.25) is 4.79 Å². The molecular weight excluding hydrogens is 348 g/mol. The van der Waals surface area contributed by atoms with Crippen molar-refractivity contribution in [1.29, 1.82) is 0 Å². The molecule has 3 rings (SSSR count). The molecule has 1 aromatic heterocycles. The average molecular weight is 377 g/mol. The normalized spacial score (nSPS) is 11.4. The Morgan fingerprint density at radius 2 is 1.71 bits per heavy atom. The van der Waals surface area contributed by atoms with Crippen molar-refractivity contribution < 1.29 is 4.79 Å². The van der Waals surface area contributed by atoms with E-state index in [1.165, 1.54) is 5.56 Å². The Kier molecular flexibility index (Phi) is 5.95.